The third-order valence-electron chi connectivity index (χ3n) is 3.26. The van der Waals surface area contributed by atoms with Crippen molar-refractivity contribution >= 4 is 0 Å². The molecule has 0 aliphatic heterocycles. The Balaban J connectivity index is 3.58. The van der Waals surface area contributed by atoms with Crippen LogP contribution >= 0.6 is 0 Å². The highest BCUT2D eigenvalue weighted by molar-refractivity contribution is 5.02. The first-order chi connectivity index (χ1) is 10.3. The minimum Gasteiger partial charge on any atom is -0.396 e. The van der Waals surface area contributed by atoms with Gasteiger partial charge in [-0.1, -0.05) is 75.3 Å². The van der Waals surface area contributed by atoms with Crippen molar-refractivity contribution in [2.75, 3.05) is 6.61 Å². The molecule has 1 nitrogen and oxygen atoms in total. The molecule has 0 fully saturated rings. The Bertz CT molecular complexity index is 310. The molecule has 21 heavy (non-hydrogen) atoms. The molecule has 0 rings (SSSR count). The summed E-state index contributed by atoms with van der Waals surface area (Å²) in [5, 5.41) is 8.64. The molecule has 1 heteroatoms. The van der Waals surface area contributed by atoms with Gasteiger partial charge in [-0.2, -0.15) is 0 Å². The SMILES string of the molecule is CCCCCC=CC(C)C=CCC=CCC=CCCCO. The summed E-state index contributed by atoms with van der Waals surface area (Å²) in [5.74, 6) is 0.540. The maximum absolute atomic E-state index is 8.64. The van der Waals surface area contributed by atoms with E-state index in [4.69, 9.17) is 5.11 Å². The van der Waals surface area contributed by atoms with Crippen LogP contribution in [0.25, 0.3) is 0 Å². The Hall–Kier alpha value is -1.08. The van der Waals surface area contributed by atoms with Crippen molar-refractivity contribution in [2.45, 2.75) is 65.2 Å². The van der Waals surface area contributed by atoms with Crippen LogP contribution in [-0.4, -0.2) is 11.7 Å². The van der Waals surface area contributed by atoms with Gasteiger partial charge in [0.1, 0.15) is 0 Å². The second-order valence-corrected chi connectivity index (χ2v) is 5.49. The van der Waals surface area contributed by atoms with Crippen LogP contribution in [0.1, 0.15) is 65.2 Å². The number of aliphatic hydroxyl groups is 1. The van der Waals surface area contributed by atoms with Gasteiger partial charge < -0.3 is 5.11 Å². The molecular weight excluding hydrogens is 256 g/mol. The zero-order valence-electron chi connectivity index (χ0n) is 14.0. The summed E-state index contributed by atoms with van der Waals surface area (Å²) in [6, 6.07) is 0. The first-order valence-electron chi connectivity index (χ1n) is 8.55. The molecule has 0 amide bonds. The predicted octanol–water partition coefficient (Wildman–Crippen LogP) is 5.98. The molecule has 120 valence electrons. The monoisotopic (exact) mass is 290 g/mol. The van der Waals surface area contributed by atoms with Crippen LogP contribution in [0.15, 0.2) is 48.6 Å². The zero-order chi connectivity index (χ0) is 15.6. The van der Waals surface area contributed by atoms with E-state index in [9.17, 15) is 0 Å². The molecule has 1 N–H and O–H groups in total. The van der Waals surface area contributed by atoms with Gasteiger partial charge in [0.05, 0.1) is 0 Å². The van der Waals surface area contributed by atoms with E-state index < -0.39 is 0 Å². The van der Waals surface area contributed by atoms with Gasteiger partial charge in [0.15, 0.2) is 0 Å². The Morgan fingerprint density at radius 3 is 2.10 bits per heavy atom. The molecule has 0 saturated heterocycles. The average molecular weight is 290 g/mol. The van der Waals surface area contributed by atoms with Crippen molar-refractivity contribution in [3.63, 3.8) is 0 Å². The largest absolute Gasteiger partial charge is 0.396 e. The fourth-order valence-corrected chi connectivity index (χ4v) is 1.95. The molecule has 0 heterocycles. The molecule has 0 saturated carbocycles. The number of hydrogen-bond donors (Lipinski definition) is 1. The van der Waals surface area contributed by atoms with Crippen LogP contribution in [0, 0.1) is 5.92 Å². The molecular formula is C20H34O. The number of unbranched alkanes of at least 4 members (excludes halogenated alkanes) is 4. The first kappa shape index (κ1) is 19.9. The Morgan fingerprint density at radius 2 is 1.38 bits per heavy atom. The minimum absolute atomic E-state index is 0.288. The van der Waals surface area contributed by atoms with E-state index in [0.29, 0.717) is 5.92 Å². The van der Waals surface area contributed by atoms with E-state index in [0.717, 1.165) is 25.7 Å². The van der Waals surface area contributed by atoms with E-state index in [1.54, 1.807) is 0 Å². The van der Waals surface area contributed by atoms with Crippen LogP contribution < -0.4 is 0 Å². The van der Waals surface area contributed by atoms with Gasteiger partial charge in [0, 0.05) is 6.61 Å². The number of allylic oxidation sites excluding steroid dienone is 8. The summed E-state index contributed by atoms with van der Waals surface area (Å²) in [7, 11) is 0. The molecule has 1 atom stereocenters. The van der Waals surface area contributed by atoms with E-state index in [1.807, 2.05) is 0 Å². The molecule has 0 spiro atoms. The Labute approximate surface area is 132 Å². The quantitative estimate of drug-likeness (QED) is 0.327. The van der Waals surface area contributed by atoms with Crippen molar-refractivity contribution in [3.8, 4) is 0 Å². The fourth-order valence-electron chi connectivity index (χ4n) is 1.95. The molecule has 0 aromatic heterocycles. The van der Waals surface area contributed by atoms with Crippen molar-refractivity contribution in [3.05, 3.63) is 48.6 Å². The lowest BCUT2D eigenvalue weighted by Gasteiger charge is -1.97. The van der Waals surface area contributed by atoms with Crippen LogP contribution in [-0.2, 0) is 0 Å². The third-order valence-corrected chi connectivity index (χ3v) is 3.26. The molecule has 1 unspecified atom stereocenters. The standard InChI is InChI=1S/C20H34O/c1-3-4-5-11-14-17-20(2)18-15-12-9-7-6-8-10-13-16-19-21/h7-10,14-15,17-18,20-21H,3-6,11-13,16,19H2,1-2H3. The molecule has 0 radical (unpaired) electrons. The smallest absolute Gasteiger partial charge is 0.0433 e. The van der Waals surface area contributed by atoms with Gasteiger partial charge in [-0.3, -0.25) is 0 Å². The van der Waals surface area contributed by atoms with Gasteiger partial charge in [-0.25, -0.2) is 0 Å². The summed E-state index contributed by atoms with van der Waals surface area (Å²) in [6.45, 7) is 4.77. The van der Waals surface area contributed by atoms with Gasteiger partial charge in [-0.05, 0) is 44.4 Å². The summed E-state index contributed by atoms with van der Waals surface area (Å²) in [6.07, 6.45) is 26.9. The zero-order valence-corrected chi connectivity index (χ0v) is 14.0. The first-order valence-corrected chi connectivity index (χ1v) is 8.55. The highest BCUT2D eigenvalue weighted by Gasteiger charge is 1.88. The van der Waals surface area contributed by atoms with Crippen LogP contribution in [0.5, 0.6) is 0 Å². The third kappa shape index (κ3) is 16.9. The van der Waals surface area contributed by atoms with E-state index in [2.05, 4.69) is 62.5 Å². The second-order valence-electron chi connectivity index (χ2n) is 5.49. The van der Waals surface area contributed by atoms with E-state index in [-0.39, 0.29) is 6.61 Å². The molecule has 0 aromatic rings. The van der Waals surface area contributed by atoms with Crippen LogP contribution in [0.4, 0.5) is 0 Å². The highest BCUT2D eigenvalue weighted by Crippen LogP contribution is 2.05. The topological polar surface area (TPSA) is 20.2 Å². The number of aliphatic hydroxyl groups excluding tert-OH is 1. The van der Waals surface area contributed by atoms with Crippen LogP contribution in [0.3, 0.4) is 0 Å². The van der Waals surface area contributed by atoms with Gasteiger partial charge in [0.2, 0.25) is 0 Å². The second kappa shape index (κ2) is 17.0. The molecule has 0 aliphatic carbocycles. The summed E-state index contributed by atoms with van der Waals surface area (Å²) < 4.78 is 0. The number of hydrogen-bond acceptors (Lipinski definition) is 1. The minimum atomic E-state index is 0.288. The lowest BCUT2D eigenvalue weighted by atomic mass is 10.1. The van der Waals surface area contributed by atoms with Gasteiger partial charge >= 0.3 is 0 Å². The summed E-state index contributed by atoms with van der Waals surface area (Å²) >= 11 is 0. The van der Waals surface area contributed by atoms with Crippen molar-refractivity contribution in [1.29, 1.82) is 0 Å². The summed E-state index contributed by atoms with van der Waals surface area (Å²) in [5.41, 5.74) is 0. The van der Waals surface area contributed by atoms with E-state index in [1.165, 1.54) is 25.7 Å². The molecule has 0 aromatic carbocycles. The van der Waals surface area contributed by atoms with Crippen molar-refractivity contribution in [2.24, 2.45) is 5.92 Å². The fraction of sp³-hybridized carbons (Fsp3) is 0.600. The van der Waals surface area contributed by atoms with Crippen molar-refractivity contribution in [1.82, 2.24) is 0 Å². The van der Waals surface area contributed by atoms with Crippen LogP contribution in [0.2, 0.25) is 0 Å². The van der Waals surface area contributed by atoms with Gasteiger partial charge in [-0.15, -0.1) is 0 Å². The van der Waals surface area contributed by atoms with Gasteiger partial charge in [0.25, 0.3) is 0 Å². The number of rotatable bonds is 13. The molecule has 0 aliphatic rings. The maximum Gasteiger partial charge on any atom is 0.0433 e. The maximum atomic E-state index is 8.64. The normalized spacial score (nSPS) is 14.2. The Morgan fingerprint density at radius 1 is 0.762 bits per heavy atom. The highest BCUT2D eigenvalue weighted by atomic mass is 16.2. The van der Waals surface area contributed by atoms with Crippen molar-refractivity contribution < 1.29 is 5.11 Å². The average Bonchev–Trinajstić information content (AvgIpc) is 2.49. The van der Waals surface area contributed by atoms with E-state index >= 15 is 0 Å². The predicted molar refractivity (Wildman–Crippen MR) is 95.4 cm³/mol. The lowest BCUT2D eigenvalue weighted by Crippen LogP contribution is -1.82. The molecule has 0 bridgehead atoms. The summed E-state index contributed by atoms with van der Waals surface area (Å²) in [4.78, 5) is 0. The Kier molecular flexibility index (Phi) is 16.1. The lowest BCUT2D eigenvalue weighted by molar-refractivity contribution is 0.289.